The van der Waals surface area contributed by atoms with Crippen LogP contribution < -0.4 is 20.1 Å². The van der Waals surface area contributed by atoms with E-state index in [4.69, 9.17) is 9.47 Å². The molecule has 2 amide bonds. The third-order valence-corrected chi connectivity index (χ3v) is 6.74. The second-order valence-corrected chi connectivity index (χ2v) is 9.10. The third kappa shape index (κ3) is 5.78. The van der Waals surface area contributed by atoms with Crippen LogP contribution >= 0.6 is 11.3 Å². The predicted octanol–water partition coefficient (Wildman–Crippen LogP) is 4.19. The normalized spacial score (nSPS) is 14.2. The lowest BCUT2D eigenvalue weighted by Gasteiger charge is -2.11. The van der Waals surface area contributed by atoms with E-state index in [1.54, 1.807) is 42.7 Å². The van der Waals surface area contributed by atoms with Gasteiger partial charge in [0.1, 0.15) is 5.00 Å². The van der Waals surface area contributed by atoms with E-state index in [9.17, 15) is 14.4 Å². The first-order valence-electron chi connectivity index (χ1n) is 11.2. The average Bonchev–Trinajstić information content (AvgIpc) is 3.40. The Morgan fingerprint density at radius 3 is 2.76 bits per heavy atom. The Kier molecular flexibility index (Phi) is 7.39. The Labute approximate surface area is 196 Å². The lowest BCUT2D eigenvalue weighted by molar-refractivity contribution is -0.121. The maximum atomic E-state index is 12.1. The lowest BCUT2D eigenvalue weighted by atomic mass is 9.94. The van der Waals surface area contributed by atoms with Crippen molar-refractivity contribution in [1.82, 2.24) is 5.32 Å². The number of anilines is 1. The Hall–Kier alpha value is -3.20. The van der Waals surface area contributed by atoms with Gasteiger partial charge in [0.25, 0.3) is 0 Å². The number of nitrogens with zero attached hydrogens (tertiary/aromatic N) is 1. The number of rotatable bonds is 9. The second-order valence-electron chi connectivity index (χ2n) is 8.01. The molecule has 33 heavy (non-hydrogen) atoms. The molecule has 1 aromatic heterocycles. The summed E-state index contributed by atoms with van der Waals surface area (Å²) in [6, 6.07) is 5.19. The van der Waals surface area contributed by atoms with Gasteiger partial charge < -0.3 is 20.1 Å². The SMILES string of the molecule is CC(=O)c1c(/N=C\CCC(=O)NCCC(=O)Nc2ccc3c(c2)OCO3)sc2c1CCCC2. The minimum absolute atomic E-state index is 0.0540. The van der Waals surface area contributed by atoms with Crippen molar-refractivity contribution in [3.63, 3.8) is 0 Å². The van der Waals surface area contributed by atoms with Crippen LogP contribution in [-0.2, 0) is 22.4 Å². The van der Waals surface area contributed by atoms with Gasteiger partial charge in [0.2, 0.25) is 18.6 Å². The van der Waals surface area contributed by atoms with Crippen molar-refractivity contribution in [1.29, 1.82) is 0 Å². The Balaban J connectivity index is 1.18. The fourth-order valence-electron chi connectivity index (χ4n) is 3.95. The van der Waals surface area contributed by atoms with Gasteiger partial charge in [-0.25, -0.2) is 4.99 Å². The molecule has 8 nitrogen and oxygen atoms in total. The summed E-state index contributed by atoms with van der Waals surface area (Å²) in [7, 11) is 0. The van der Waals surface area contributed by atoms with Crippen molar-refractivity contribution >= 4 is 45.8 Å². The molecule has 0 saturated heterocycles. The lowest BCUT2D eigenvalue weighted by Crippen LogP contribution is -2.27. The van der Waals surface area contributed by atoms with E-state index in [0.717, 1.165) is 36.2 Å². The molecule has 0 spiro atoms. The number of thiophene rings is 1. The quantitative estimate of drug-likeness (QED) is 0.423. The number of carbonyl (C=O) groups is 3. The van der Waals surface area contributed by atoms with Crippen LogP contribution in [0.2, 0.25) is 0 Å². The van der Waals surface area contributed by atoms with Crippen LogP contribution in [0.4, 0.5) is 10.7 Å². The van der Waals surface area contributed by atoms with Crippen molar-refractivity contribution in [2.75, 3.05) is 18.7 Å². The molecule has 1 aliphatic heterocycles. The fraction of sp³-hybridized carbons (Fsp3) is 0.417. The van der Waals surface area contributed by atoms with E-state index in [2.05, 4.69) is 15.6 Å². The minimum atomic E-state index is -0.200. The molecule has 174 valence electrons. The highest BCUT2D eigenvalue weighted by Gasteiger charge is 2.22. The fourth-order valence-corrected chi connectivity index (χ4v) is 5.25. The van der Waals surface area contributed by atoms with E-state index in [1.807, 2.05) is 0 Å². The topological polar surface area (TPSA) is 106 Å². The molecule has 2 aromatic rings. The molecule has 0 radical (unpaired) electrons. The van der Waals surface area contributed by atoms with E-state index < -0.39 is 0 Å². The first-order valence-corrected chi connectivity index (χ1v) is 12.0. The van der Waals surface area contributed by atoms with E-state index in [1.165, 1.54) is 10.4 Å². The van der Waals surface area contributed by atoms with Crippen molar-refractivity contribution in [3.8, 4) is 11.5 Å². The smallest absolute Gasteiger partial charge is 0.231 e. The molecule has 2 N–H and O–H groups in total. The number of hydrogen-bond donors (Lipinski definition) is 2. The first kappa shape index (κ1) is 23.0. The Morgan fingerprint density at radius 1 is 1.09 bits per heavy atom. The highest BCUT2D eigenvalue weighted by molar-refractivity contribution is 7.16. The number of aliphatic imine (C=N–C) groups is 1. The van der Waals surface area contributed by atoms with Crippen molar-refractivity contribution in [2.24, 2.45) is 4.99 Å². The zero-order chi connectivity index (χ0) is 23.2. The molecular weight excluding hydrogens is 442 g/mol. The van der Waals surface area contributed by atoms with Crippen LogP contribution in [0.25, 0.3) is 0 Å². The molecule has 0 saturated carbocycles. The number of hydrogen-bond acceptors (Lipinski definition) is 7. The van der Waals surface area contributed by atoms with Gasteiger partial charge in [-0.2, -0.15) is 0 Å². The number of fused-ring (bicyclic) bond motifs is 2. The van der Waals surface area contributed by atoms with E-state index in [-0.39, 0.29) is 43.8 Å². The van der Waals surface area contributed by atoms with Gasteiger partial charge in [-0.15, -0.1) is 11.3 Å². The van der Waals surface area contributed by atoms with E-state index in [0.29, 0.717) is 23.6 Å². The number of carbonyl (C=O) groups excluding carboxylic acids is 3. The number of benzene rings is 1. The van der Waals surface area contributed by atoms with Crippen molar-refractivity contribution in [2.45, 2.75) is 51.9 Å². The van der Waals surface area contributed by atoms with Crippen LogP contribution in [-0.4, -0.2) is 37.1 Å². The third-order valence-electron chi connectivity index (χ3n) is 5.54. The maximum Gasteiger partial charge on any atom is 0.231 e. The van der Waals surface area contributed by atoms with Crippen LogP contribution in [0.1, 0.15) is 59.8 Å². The van der Waals surface area contributed by atoms with Crippen LogP contribution in [0, 0.1) is 0 Å². The van der Waals surface area contributed by atoms with Crippen LogP contribution in [0.15, 0.2) is 23.2 Å². The summed E-state index contributed by atoms with van der Waals surface area (Å²) >= 11 is 1.59. The summed E-state index contributed by atoms with van der Waals surface area (Å²) < 4.78 is 10.5. The Bertz CT molecular complexity index is 1090. The molecule has 0 unspecified atom stereocenters. The standard InChI is InChI=1S/C24H27N3O5S/c1-15(28)23-17-5-2-3-6-20(17)33-24(23)26-11-4-7-21(29)25-12-10-22(30)27-16-8-9-18-19(13-16)32-14-31-18/h8-9,11,13H,2-7,10,12,14H2,1H3,(H,25,29)(H,27,30)/b26-11-. The van der Waals surface area contributed by atoms with Gasteiger partial charge in [-0.05, 0) is 56.7 Å². The molecule has 1 aromatic carbocycles. The largest absolute Gasteiger partial charge is 0.454 e. The number of nitrogens with one attached hydrogen (secondary N) is 2. The molecule has 2 aliphatic rings. The van der Waals surface area contributed by atoms with Gasteiger partial charge in [0, 0.05) is 42.2 Å². The molecule has 9 heteroatoms. The number of aryl methyl sites for hydroxylation is 1. The number of ketones is 1. The second kappa shape index (κ2) is 10.6. The average molecular weight is 470 g/mol. The molecule has 0 fully saturated rings. The number of Topliss-reactive ketones (excluding diaryl/α,β-unsaturated/α-hetero) is 1. The zero-order valence-electron chi connectivity index (χ0n) is 18.6. The summed E-state index contributed by atoms with van der Waals surface area (Å²) in [5.74, 6) is 0.961. The Morgan fingerprint density at radius 2 is 1.91 bits per heavy atom. The van der Waals surface area contributed by atoms with Gasteiger partial charge in [-0.1, -0.05) is 0 Å². The monoisotopic (exact) mass is 469 g/mol. The summed E-state index contributed by atoms with van der Waals surface area (Å²) in [6.45, 7) is 2.02. The minimum Gasteiger partial charge on any atom is -0.454 e. The molecular formula is C24H27N3O5S. The van der Waals surface area contributed by atoms with Gasteiger partial charge >= 0.3 is 0 Å². The molecule has 0 bridgehead atoms. The van der Waals surface area contributed by atoms with E-state index >= 15 is 0 Å². The predicted molar refractivity (Wildman–Crippen MR) is 127 cm³/mol. The van der Waals surface area contributed by atoms with Crippen molar-refractivity contribution < 1.29 is 23.9 Å². The summed E-state index contributed by atoms with van der Waals surface area (Å²) in [4.78, 5) is 42.0. The number of ether oxygens (including phenoxy) is 2. The van der Waals surface area contributed by atoms with Gasteiger partial charge in [0.05, 0.1) is 5.56 Å². The van der Waals surface area contributed by atoms with Crippen LogP contribution in [0.3, 0.4) is 0 Å². The summed E-state index contributed by atoms with van der Waals surface area (Å²) in [5.41, 5.74) is 2.54. The van der Waals surface area contributed by atoms with Gasteiger partial charge in [-0.3, -0.25) is 14.4 Å². The first-order chi connectivity index (χ1) is 16.0. The maximum absolute atomic E-state index is 12.1. The molecule has 1 aliphatic carbocycles. The van der Waals surface area contributed by atoms with Crippen LogP contribution in [0.5, 0.6) is 11.5 Å². The molecule has 4 rings (SSSR count). The van der Waals surface area contributed by atoms with Crippen molar-refractivity contribution in [3.05, 3.63) is 34.2 Å². The summed E-state index contributed by atoms with van der Waals surface area (Å²) in [5, 5.41) is 6.29. The highest BCUT2D eigenvalue weighted by Crippen LogP contribution is 2.40. The highest BCUT2D eigenvalue weighted by atomic mass is 32.1. The molecule has 2 heterocycles. The summed E-state index contributed by atoms with van der Waals surface area (Å²) in [6.07, 6.45) is 6.84. The van der Waals surface area contributed by atoms with Gasteiger partial charge in [0.15, 0.2) is 17.3 Å². The number of amides is 2. The zero-order valence-corrected chi connectivity index (χ0v) is 19.4. The molecule has 0 atom stereocenters.